The molecule has 3 atom stereocenters. The van der Waals surface area contributed by atoms with Gasteiger partial charge in [0.25, 0.3) is 0 Å². The van der Waals surface area contributed by atoms with Gasteiger partial charge >= 0.3 is 5.97 Å². The van der Waals surface area contributed by atoms with Crippen LogP contribution in [0.15, 0.2) is 18.2 Å². The van der Waals surface area contributed by atoms with Gasteiger partial charge in [0.1, 0.15) is 0 Å². The van der Waals surface area contributed by atoms with Crippen LogP contribution in [-0.2, 0) is 19.6 Å². The van der Waals surface area contributed by atoms with Crippen LogP contribution in [0.1, 0.15) is 56.9 Å². The molecule has 230 valence electrons. The normalized spacial score (nSPS) is 23.9. The molecule has 4 rings (SSSR count). The first kappa shape index (κ1) is 31.5. The maximum Gasteiger partial charge on any atom is 0.308 e. The quantitative estimate of drug-likeness (QED) is 0.305. The van der Waals surface area contributed by atoms with Crippen molar-refractivity contribution < 1.29 is 32.6 Å². The number of amides is 1. The van der Waals surface area contributed by atoms with Crippen molar-refractivity contribution in [2.24, 2.45) is 5.92 Å². The number of nitrogens with zero attached hydrogens (tertiary/aromatic N) is 4. The first-order valence-electron chi connectivity index (χ1n) is 14.9. The number of sulfonamides is 1. The molecule has 3 aliphatic heterocycles. The maximum atomic E-state index is 13.7. The molecule has 0 saturated carbocycles. The highest BCUT2D eigenvalue weighted by atomic mass is 32.2. The lowest BCUT2D eigenvalue weighted by Crippen LogP contribution is -2.45. The summed E-state index contributed by atoms with van der Waals surface area (Å²) in [4.78, 5) is 32.5. The standard InChI is InChI=1S/C29H46N4O7S/c1-4-5-13-31(14-7-6-12-30(2)3)27(34)20-32-19-23(22-9-10-25-26(18-22)40-21-39-25)28(29(35)36)24(32)11-16-33-15-8-17-41(33,37)38/h9-10,18,23-24,28H,4-8,11-17,19-21H2,1-3H3,(H,35,36)/t23-,24+,28?/m1/s1. The minimum atomic E-state index is -3.31. The number of likely N-dealkylation sites (tertiary alicyclic amines) is 1. The van der Waals surface area contributed by atoms with E-state index < -0.39 is 28.0 Å². The third kappa shape index (κ3) is 7.91. The van der Waals surface area contributed by atoms with Gasteiger partial charge in [-0.05, 0) is 70.4 Å². The highest BCUT2D eigenvalue weighted by Crippen LogP contribution is 2.43. The molecule has 11 nitrogen and oxygen atoms in total. The number of carboxylic acid groups (broad SMARTS) is 1. The maximum absolute atomic E-state index is 13.7. The van der Waals surface area contributed by atoms with E-state index >= 15 is 0 Å². The van der Waals surface area contributed by atoms with E-state index in [1.165, 1.54) is 4.31 Å². The number of hydrogen-bond acceptors (Lipinski definition) is 8. The van der Waals surface area contributed by atoms with Crippen LogP contribution >= 0.6 is 0 Å². The number of hydrogen-bond donors (Lipinski definition) is 1. The number of unbranched alkanes of at least 4 members (excludes halogenated alkanes) is 2. The summed E-state index contributed by atoms with van der Waals surface area (Å²) in [6, 6.07) is 5.04. The van der Waals surface area contributed by atoms with Crippen LogP contribution in [-0.4, -0.2) is 123 Å². The van der Waals surface area contributed by atoms with Crippen molar-refractivity contribution in [2.75, 3.05) is 72.5 Å². The lowest BCUT2D eigenvalue weighted by atomic mass is 9.84. The molecule has 2 fully saturated rings. The Labute approximate surface area is 244 Å². The Morgan fingerprint density at radius 2 is 1.80 bits per heavy atom. The number of aliphatic carboxylic acids is 1. The Kier molecular flexibility index (Phi) is 10.9. The van der Waals surface area contributed by atoms with E-state index in [0.29, 0.717) is 50.5 Å². The SMILES string of the molecule is CCCCN(CCCCN(C)C)C(=O)CN1C[C@H](c2ccc3c(c2)OCO3)C(C(=O)O)[C@@H]1CCN1CCCS1(=O)=O. The summed E-state index contributed by atoms with van der Waals surface area (Å²) in [5.74, 6) is -0.771. The first-order chi connectivity index (χ1) is 19.6. The highest BCUT2D eigenvalue weighted by molar-refractivity contribution is 7.89. The Balaban J connectivity index is 1.55. The molecule has 0 aliphatic carbocycles. The van der Waals surface area contributed by atoms with Gasteiger partial charge in [0.05, 0.1) is 18.2 Å². The fourth-order valence-corrected chi connectivity index (χ4v) is 7.81. The van der Waals surface area contributed by atoms with E-state index in [1.54, 1.807) is 6.07 Å². The van der Waals surface area contributed by atoms with Crippen LogP contribution in [0.4, 0.5) is 0 Å². The minimum absolute atomic E-state index is 0.00225. The average Bonchev–Trinajstić information content (AvgIpc) is 3.62. The molecule has 2 saturated heterocycles. The smallest absolute Gasteiger partial charge is 0.308 e. The van der Waals surface area contributed by atoms with Gasteiger partial charge in [0.2, 0.25) is 22.7 Å². The van der Waals surface area contributed by atoms with E-state index in [-0.39, 0.29) is 37.5 Å². The third-order valence-corrected chi connectivity index (χ3v) is 10.4. The molecule has 1 amide bonds. The van der Waals surface area contributed by atoms with Gasteiger partial charge in [-0.25, -0.2) is 12.7 Å². The molecule has 0 aromatic heterocycles. The predicted molar refractivity (Wildman–Crippen MR) is 156 cm³/mol. The number of ether oxygens (including phenoxy) is 2. The van der Waals surface area contributed by atoms with E-state index in [2.05, 4.69) is 11.8 Å². The zero-order valence-corrected chi connectivity index (χ0v) is 25.5. The number of carbonyl (C=O) groups excluding carboxylic acids is 1. The summed E-state index contributed by atoms with van der Waals surface area (Å²) >= 11 is 0. The minimum Gasteiger partial charge on any atom is -0.481 e. The molecule has 3 aliphatic rings. The average molecular weight is 595 g/mol. The fourth-order valence-electron chi connectivity index (χ4n) is 6.27. The Morgan fingerprint density at radius 1 is 1.07 bits per heavy atom. The molecule has 0 radical (unpaired) electrons. The fraction of sp³-hybridized carbons (Fsp3) is 0.724. The van der Waals surface area contributed by atoms with E-state index in [0.717, 1.165) is 37.8 Å². The molecule has 3 heterocycles. The van der Waals surface area contributed by atoms with Gasteiger partial charge in [-0.15, -0.1) is 0 Å². The molecule has 1 aromatic carbocycles. The van der Waals surface area contributed by atoms with Crippen molar-refractivity contribution in [3.63, 3.8) is 0 Å². The first-order valence-corrected chi connectivity index (χ1v) is 16.5. The summed E-state index contributed by atoms with van der Waals surface area (Å²) in [5.41, 5.74) is 0.821. The van der Waals surface area contributed by atoms with Crippen LogP contribution in [0.3, 0.4) is 0 Å². The number of carbonyl (C=O) groups is 2. The van der Waals surface area contributed by atoms with Gasteiger partial charge in [-0.2, -0.15) is 0 Å². The lowest BCUT2D eigenvalue weighted by molar-refractivity contribution is -0.143. The molecular formula is C29H46N4O7S. The van der Waals surface area contributed by atoms with Gasteiger partial charge < -0.3 is 24.4 Å². The zero-order valence-electron chi connectivity index (χ0n) is 24.7. The van der Waals surface area contributed by atoms with Crippen LogP contribution in [0.25, 0.3) is 0 Å². The summed E-state index contributed by atoms with van der Waals surface area (Å²) in [6.07, 6.45) is 4.72. The van der Waals surface area contributed by atoms with E-state index in [1.807, 2.05) is 36.0 Å². The zero-order chi connectivity index (χ0) is 29.6. The molecule has 1 N–H and O–H groups in total. The van der Waals surface area contributed by atoms with Gasteiger partial charge in [-0.3, -0.25) is 14.5 Å². The van der Waals surface area contributed by atoms with Crippen molar-refractivity contribution in [3.05, 3.63) is 23.8 Å². The van der Waals surface area contributed by atoms with Gasteiger partial charge in [0, 0.05) is 44.7 Å². The summed E-state index contributed by atoms with van der Waals surface area (Å²) in [5, 5.41) is 10.5. The number of benzene rings is 1. The molecule has 0 spiro atoms. The summed E-state index contributed by atoms with van der Waals surface area (Å²) in [6.45, 7) is 5.74. The largest absolute Gasteiger partial charge is 0.481 e. The Morgan fingerprint density at radius 3 is 2.49 bits per heavy atom. The molecule has 1 aromatic rings. The summed E-state index contributed by atoms with van der Waals surface area (Å²) in [7, 11) is 0.762. The lowest BCUT2D eigenvalue weighted by Gasteiger charge is -2.30. The topological polar surface area (TPSA) is 120 Å². The van der Waals surface area contributed by atoms with Crippen LogP contribution < -0.4 is 9.47 Å². The van der Waals surface area contributed by atoms with Crippen molar-refractivity contribution >= 4 is 21.9 Å². The van der Waals surface area contributed by atoms with E-state index in [4.69, 9.17) is 9.47 Å². The number of rotatable bonds is 15. The number of carboxylic acids is 1. The van der Waals surface area contributed by atoms with Crippen LogP contribution in [0, 0.1) is 5.92 Å². The summed E-state index contributed by atoms with van der Waals surface area (Å²) < 4.78 is 37.5. The Bertz CT molecular complexity index is 1160. The second kappa shape index (κ2) is 14.2. The Hall–Kier alpha value is -2.41. The third-order valence-electron chi connectivity index (χ3n) is 8.49. The predicted octanol–water partition coefficient (Wildman–Crippen LogP) is 2.28. The molecule has 0 bridgehead atoms. The van der Waals surface area contributed by atoms with E-state index in [9.17, 15) is 23.1 Å². The monoisotopic (exact) mass is 594 g/mol. The van der Waals surface area contributed by atoms with Crippen molar-refractivity contribution in [1.29, 1.82) is 0 Å². The second-order valence-corrected chi connectivity index (χ2v) is 13.8. The highest BCUT2D eigenvalue weighted by Gasteiger charge is 2.48. The van der Waals surface area contributed by atoms with Crippen molar-refractivity contribution in [1.82, 2.24) is 19.0 Å². The van der Waals surface area contributed by atoms with Crippen LogP contribution in [0.2, 0.25) is 0 Å². The van der Waals surface area contributed by atoms with Crippen molar-refractivity contribution in [2.45, 2.75) is 57.4 Å². The van der Waals surface area contributed by atoms with Gasteiger partial charge in [0.15, 0.2) is 11.5 Å². The molecule has 41 heavy (non-hydrogen) atoms. The number of fused-ring (bicyclic) bond motifs is 1. The van der Waals surface area contributed by atoms with Gasteiger partial charge in [-0.1, -0.05) is 19.4 Å². The van der Waals surface area contributed by atoms with Crippen molar-refractivity contribution in [3.8, 4) is 11.5 Å². The molecular weight excluding hydrogens is 548 g/mol. The molecule has 12 heteroatoms. The van der Waals surface area contributed by atoms with Crippen LogP contribution in [0.5, 0.6) is 11.5 Å². The molecule has 1 unspecified atom stereocenters. The second-order valence-electron chi connectivity index (χ2n) is 11.7.